The minimum Gasteiger partial charge on any atom is -0.348 e. The number of carbonyl (C=O) groups is 1. The number of nitrogens with zero attached hydrogens (tertiary/aromatic N) is 2. The lowest BCUT2D eigenvalue weighted by Crippen LogP contribution is -2.33. The van der Waals surface area contributed by atoms with Crippen LogP contribution in [0.2, 0.25) is 0 Å². The van der Waals surface area contributed by atoms with E-state index in [1.165, 1.54) is 50.9 Å². The molecular weight excluding hydrogens is 300 g/mol. The molecule has 2 aromatic heterocycles. The van der Waals surface area contributed by atoms with Gasteiger partial charge in [0.25, 0.3) is 5.91 Å². The molecule has 0 aromatic carbocycles. The van der Waals surface area contributed by atoms with Gasteiger partial charge in [0, 0.05) is 12.4 Å². The van der Waals surface area contributed by atoms with Crippen LogP contribution in [0.25, 0.3) is 0 Å². The third kappa shape index (κ3) is 4.23. The maximum absolute atomic E-state index is 12.1. The molecule has 5 heteroatoms. The smallest absolute Gasteiger partial charge is 0.275 e. The lowest BCUT2D eigenvalue weighted by Gasteiger charge is -2.31. The van der Waals surface area contributed by atoms with Crippen molar-refractivity contribution in [2.24, 2.45) is 0 Å². The summed E-state index contributed by atoms with van der Waals surface area (Å²) in [7, 11) is 0. The molecule has 1 aliphatic rings. The molecule has 0 atom stereocenters. The highest BCUT2D eigenvalue weighted by Gasteiger charge is 2.21. The second-order valence-electron chi connectivity index (χ2n) is 6.49. The number of likely N-dealkylation sites (tertiary alicyclic amines) is 1. The summed E-state index contributed by atoms with van der Waals surface area (Å²) >= 11 is 0. The Morgan fingerprint density at radius 2 is 2.21 bits per heavy atom. The van der Waals surface area contributed by atoms with Crippen molar-refractivity contribution in [2.45, 2.75) is 38.5 Å². The molecule has 0 radical (unpaired) electrons. The van der Waals surface area contributed by atoms with Crippen LogP contribution in [0, 0.1) is 0 Å². The van der Waals surface area contributed by atoms with Gasteiger partial charge in [0.05, 0.1) is 0 Å². The number of aromatic amines is 1. The molecule has 1 saturated heterocycles. The summed E-state index contributed by atoms with van der Waals surface area (Å²) in [4.78, 5) is 22.0. The number of pyridine rings is 1. The van der Waals surface area contributed by atoms with Crippen molar-refractivity contribution < 1.29 is 4.79 Å². The Labute approximate surface area is 143 Å². The third-order valence-corrected chi connectivity index (χ3v) is 4.74. The number of rotatable bonds is 6. The molecule has 3 heterocycles. The Hall–Kier alpha value is -2.14. The Bertz CT molecular complexity index is 644. The van der Waals surface area contributed by atoms with E-state index in [-0.39, 0.29) is 5.91 Å². The quantitative estimate of drug-likeness (QED) is 0.852. The van der Waals surface area contributed by atoms with Gasteiger partial charge in [-0.1, -0.05) is 19.4 Å². The van der Waals surface area contributed by atoms with Gasteiger partial charge in [-0.25, -0.2) is 0 Å². The normalized spacial score (nSPS) is 16.2. The van der Waals surface area contributed by atoms with Gasteiger partial charge in [-0.05, 0) is 68.6 Å². The van der Waals surface area contributed by atoms with E-state index in [1.54, 1.807) is 18.3 Å². The monoisotopic (exact) mass is 326 g/mol. The predicted molar refractivity (Wildman–Crippen MR) is 96.3 cm³/mol. The number of anilines is 1. The second kappa shape index (κ2) is 8.11. The highest BCUT2D eigenvalue weighted by atomic mass is 16.1. The molecule has 2 aromatic rings. The van der Waals surface area contributed by atoms with Crippen molar-refractivity contribution in [3.05, 3.63) is 47.9 Å². The van der Waals surface area contributed by atoms with Crippen molar-refractivity contribution in [1.82, 2.24) is 14.9 Å². The zero-order valence-corrected chi connectivity index (χ0v) is 14.3. The first-order valence-electron chi connectivity index (χ1n) is 8.89. The summed E-state index contributed by atoms with van der Waals surface area (Å²) in [6.07, 6.45) is 8.59. The van der Waals surface area contributed by atoms with Crippen molar-refractivity contribution in [3.63, 3.8) is 0 Å². The molecular formula is C19H26N4O. The van der Waals surface area contributed by atoms with Crippen LogP contribution in [0.3, 0.4) is 0 Å². The number of nitrogens with one attached hydrogen (secondary N) is 2. The van der Waals surface area contributed by atoms with Gasteiger partial charge >= 0.3 is 0 Å². The van der Waals surface area contributed by atoms with Crippen molar-refractivity contribution in [3.8, 4) is 0 Å². The van der Waals surface area contributed by atoms with Gasteiger partial charge in [0.2, 0.25) is 0 Å². The molecule has 0 bridgehead atoms. The van der Waals surface area contributed by atoms with E-state index >= 15 is 0 Å². The fourth-order valence-electron chi connectivity index (χ4n) is 3.27. The molecule has 0 spiro atoms. The highest BCUT2D eigenvalue weighted by molar-refractivity contribution is 6.02. The average molecular weight is 326 g/mol. The molecule has 1 aliphatic heterocycles. The molecule has 1 fully saturated rings. The van der Waals surface area contributed by atoms with E-state index < -0.39 is 0 Å². The Morgan fingerprint density at radius 3 is 2.92 bits per heavy atom. The van der Waals surface area contributed by atoms with Crippen molar-refractivity contribution >= 4 is 11.7 Å². The van der Waals surface area contributed by atoms with Gasteiger partial charge in [0.15, 0.2) is 0 Å². The maximum Gasteiger partial charge on any atom is 0.275 e. The van der Waals surface area contributed by atoms with E-state index in [4.69, 9.17) is 0 Å². The van der Waals surface area contributed by atoms with Crippen LogP contribution in [-0.2, 0) is 0 Å². The minimum atomic E-state index is -0.182. The van der Waals surface area contributed by atoms with Gasteiger partial charge < -0.3 is 15.2 Å². The lowest BCUT2D eigenvalue weighted by molar-refractivity contribution is 0.102. The van der Waals surface area contributed by atoms with Crippen LogP contribution in [0.5, 0.6) is 0 Å². The Morgan fingerprint density at radius 1 is 1.38 bits per heavy atom. The van der Waals surface area contributed by atoms with Crippen LogP contribution in [0.1, 0.15) is 54.6 Å². The van der Waals surface area contributed by atoms with Crippen LogP contribution in [0.4, 0.5) is 5.82 Å². The molecule has 3 rings (SSSR count). The molecule has 0 unspecified atom stereocenters. The third-order valence-electron chi connectivity index (χ3n) is 4.74. The maximum atomic E-state index is 12.1. The van der Waals surface area contributed by atoms with Crippen molar-refractivity contribution in [1.29, 1.82) is 0 Å². The molecule has 0 saturated carbocycles. The molecule has 128 valence electrons. The first-order valence-corrected chi connectivity index (χ1v) is 8.89. The summed E-state index contributed by atoms with van der Waals surface area (Å²) in [6, 6.07) is 7.39. The number of amides is 1. The van der Waals surface area contributed by atoms with E-state index in [1.807, 2.05) is 12.3 Å². The van der Waals surface area contributed by atoms with E-state index in [0.29, 0.717) is 11.6 Å². The number of hydrogen-bond acceptors (Lipinski definition) is 3. The number of aromatic nitrogens is 2. The number of hydrogen-bond donors (Lipinski definition) is 2. The van der Waals surface area contributed by atoms with Crippen LogP contribution in [-0.4, -0.2) is 40.4 Å². The van der Waals surface area contributed by atoms with Gasteiger partial charge in [0.1, 0.15) is 11.5 Å². The SMILES string of the molecule is CCCCN1CCC(c2c[nH]c(NC(=O)c3ccccn3)c2)CC1. The molecule has 2 N–H and O–H groups in total. The summed E-state index contributed by atoms with van der Waals surface area (Å²) in [5.74, 6) is 1.15. The van der Waals surface area contributed by atoms with E-state index in [2.05, 4.69) is 33.2 Å². The topological polar surface area (TPSA) is 61.0 Å². The van der Waals surface area contributed by atoms with Crippen LogP contribution in [0.15, 0.2) is 36.7 Å². The largest absolute Gasteiger partial charge is 0.348 e. The lowest BCUT2D eigenvalue weighted by atomic mass is 9.91. The van der Waals surface area contributed by atoms with E-state index in [0.717, 1.165) is 5.82 Å². The zero-order valence-electron chi connectivity index (χ0n) is 14.3. The zero-order chi connectivity index (χ0) is 16.8. The average Bonchev–Trinajstić information content (AvgIpc) is 3.09. The fourth-order valence-corrected chi connectivity index (χ4v) is 3.27. The van der Waals surface area contributed by atoms with Gasteiger partial charge in [-0.15, -0.1) is 0 Å². The second-order valence-corrected chi connectivity index (χ2v) is 6.49. The number of piperidine rings is 1. The summed E-state index contributed by atoms with van der Waals surface area (Å²) in [6.45, 7) is 5.81. The number of H-pyrrole nitrogens is 1. The molecule has 1 amide bonds. The fraction of sp³-hybridized carbons (Fsp3) is 0.474. The van der Waals surface area contributed by atoms with Crippen molar-refractivity contribution in [2.75, 3.05) is 25.0 Å². The highest BCUT2D eigenvalue weighted by Crippen LogP contribution is 2.29. The summed E-state index contributed by atoms with van der Waals surface area (Å²) < 4.78 is 0. The predicted octanol–water partition coefficient (Wildman–Crippen LogP) is 3.64. The summed E-state index contributed by atoms with van der Waals surface area (Å²) in [5, 5.41) is 2.89. The minimum absolute atomic E-state index is 0.182. The molecule has 24 heavy (non-hydrogen) atoms. The Balaban J connectivity index is 1.54. The Kier molecular flexibility index (Phi) is 5.64. The number of unbranched alkanes of at least 4 members (excludes halogenated alkanes) is 1. The first-order chi connectivity index (χ1) is 11.8. The van der Waals surface area contributed by atoms with E-state index in [9.17, 15) is 4.79 Å². The van der Waals surface area contributed by atoms with Gasteiger partial charge in [-0.2, -0.15) is 0 Å². The molecule has 5 nitrogen and oxygen atoms in total. The first kappa shape index (κ1) is 16.7. The van der Waals surface area contributed by atoms with Crippen LogP contribution >= 0.6 is 0 Å². The van der Waals surface area contributed by atoms with Crippen LogP contribution < -0.4 is 5.32 Å². The summed E-state index contributed by atoms with van der Waals surface area (Å²) in [5.41, 5.74) is 1.72. The molecule has 0 aliphatic carbocycles. The number of carbonyl (C=O) groups excluding carboxylic acids is 1. The standard InChI is InChI=1S/C19H26N4O/c1-2-3-10-23-11-7-15(8-12-23)16-13-18(21-14-16)22-19(24)17-6-4-5-9-20-17/h4-6,9,13-15,21H,2-3,7-8,10-12H2,1H3,(H,22,24). The van der Waals surface area contributed by atoms with Gasteiger partial charge in [-0.3, -0.25) is 9.78 Å².